The Bertz CT molecular complexity index is 1180. The van der Waals surface area contributed by atoms with Crippen LogP contribution in [0.2, 0.25) is 0 Å². The minimum atomic E-state index is -0.831. The number of allylic oxidation sites excluding steroid dienone is 1. The van der Waals surface area contributed by atoms with Gasteiger partial charge in [-0.25, -0.2) is 0 Å². The van der Waals surface area contributed by atoms with Gasteiger partial charge in [0, 0.05) is 36.0 Å². The zero-order valence-electron chi connectivity index (χ0n) is 23.4. The van der Waals surface area contributed by atoms with Crippen molar-refractivity contribution in [1.82, 2.24) is 4.90 Å². The lowest BCUT2D eigenvalue weighted by Gasteiger charge is -2.31. The molecule has 2 heterocycles. The summed E-state index contributed by atoms with van der Waals surface area (Å²) in [5.41, 5.74) is 4.22. The number of carboxylic acids is 1. The summed E-state index contributed by atoms with van der Waals surface area (Å²) >= 11 is 3.48. The molecule has 0 bridgehead atoms. The van der Waals surface area contributed by atoms with E-state index in [1.54, 1.807) is 13.2 Å². The summed E-state index contributed by atoms with van der Waals surface area (Å²) in [5.74, 6) is -1.75. The normalized spacial score (nSPS) is 24.6. The first-order valence-electron chi connectivity index (χ1n) is 14.3. The van der Waals surface area contributed by atoms with Crippen LogP contribution in [0.15, 0.2) is 39.4 Å². The first-order chi connectivity index (χ1) is 19.2. The summed E-state index contributed by atoms with van der Waals surface area (Å²) in [6.07, 6.45) is 7.78. The number of aromatic hydroxyl groups is 1. The van der Waals surface area contributed by atoms with E-state index >= 15 is 0 Å². The number of carbonyl (C=O) groups excluding carboxylic acids is 2. The van der Waals surface area contributed by atoms with Crippen molar-refractivity contribution in [2.45, 2.75) is 70.8 Å². The highest BCUT2D eigenvalue weighted by atomic mass is 79.9. The number of phenols is 1. The molecule has 2 aliphatic heterocycles. The average Bonchev–Trinajstić information content (AvgIpc) is 3.44. The summed E-state index contributed by atoms with van der Waals surface area (Å²) in [6.45, 7) is 3.30. The van der Waals surface area contributed by atoms with Crippen LogP contribution in [0.25, 0.3) is 6.08 Å². The Morgan fingerprint density at radius 1 is 1.15 bits per heavy atom. The van der Waals surface area contributed by atoms with Crippen LogP contribution in [0.5, 0.6) is 5.75 Å². The SMILES string of the molecule is CCC/C(=C\c1cc(Br)ccc1O)CC[C@H]1OC[C@H]2C1=C(COC)C[C@H]1C(=O)N(CCCCCC(=O)O)C(=O)[C@H]12. The van der Waals surface area contributed by atoms with Gasteiger partial charge in [0.2, 0.25) is 11.8 Å². The maximum absolute atomic E-state index is 13.5. The number of imide groups is 1. The summed E-state index contributed by atoms with van der Waals surface area (Å²) < 4.78 is 12.8. The van der Waals surface area contributed by atoms with Gasteiger partial charge in [-0.3, -0.25) is 19.3 Å². The molecule has 218 valence electrons. The van der Waals surface area contributed by atoms with Gasteiger partial charge in [0.25, 0.3) is 0 Å². The van der Waals surface area contributed by atoms with Crippen LogP contribution in [0, 0.1) is 17.8 Å². The van der Waals surface area contributed by atoms with Gasteiger partial charge in [0.05, 0.1) is 31.2 Å². The van der Waals surface area contributed by atoms with Crippen molar-refractivity contribution in [2.75, 3.05) is 26.9 Å². The number of ether oxygens (including phenoxy) is 2. The molecule has 1 aliphatic carbocycles. The van der Waals surface area contributed by atoms with Gasteiger partial charge in [-0.2, -0.15) is 0 Å². The molecular weight excluding hydrogens is 578 g/mol. The molecule has 0 spiro atoms. The number of carbonyl (C=O) groups is 3. The number of amides is 2. The Kier molecular flexibility index (Phi) is 10.6. The maximum atomic E-state index is 13.5. The highest BCUT2D eigenvalue weighted by Crippen LogP contribution is 2.50. The Morgan fingerprint density at radius 3 is 2.67 bits per heavy atom. The van der Waals surface area contributed by atoms with Crippen LogP contribution in [0.1, 0.15) is 70.3 Å². The van der Waals surface area contributed by atoms with Crippen molar-refractivity contribution in [3.8, 4) is 5.75 Å². The molecular formula is C31H40BrNO7. The van der Waals surface area contributed by atoms with E-state index in [-0.39, 0.29) is 41.9 Å². The Morgan fingerprint density at radius 2 is 1.95 bits per heavy atom. The van der Waals surface area contributed by atoms with E-state index in [1.165, 1.54) is 10.5 Å². The van der Waals surface area contributed by atoms with E-state index in [0.29, 0.717) is 45.4 Å². The largest absolute Gasteiger partial charge is 0.507 e. The Hall–Kier alpha value is -2.49. The lowest BCUT2D eigenvalue weighted by atomic mass is 9.69. The monoisotopic (exact) mass is 617 g/mol. The number of nitrogens with zero attached hydrogens (tertiary/aromatic N) is 1. The molecule has 40 heavy (non-hydrogen) atoms. The van der Waals surface area contributed by atoms with Crippen LogP contribution >= 0.6 is 15.9 Å². The predicted octanol–water partition coefficient (Wildman–Crippen LogP) is 5.73. The fourth-order valence-corrected chi connectivity index (χ4v) is 6.93. The third-order valence-electron chi connectivity index (χ3n) is 8.34. The minimum absolute atomic E-state index is 0.0980. The van der Waals surface area contributed by atoms with Crippen LogP contribution in [-0.2, 0) is 23.9 Å². The van der Waals surface area contributed by atoms with Crippen LogP contribution < -0.4 is 0 Å². The summed E-state index contributed by atoms with van der Waals surface area (Å²) in [7, 11) is 1.65. The van der Waals surface area contributed by atoms with Gasteiger partial charge in [-0.15, -0.1) is 0 Å². The van der Waals surface area contributed by atoms with Gasteiger partial charge in [-0.05, 0) is 67.9 Å². The van der Waals surface area contributed by atoms with Gasteiger partial charge in [0.15, 0.2) is 0 Å². The van der Waals surface area contributed by atoms with Crippen molar-refractivity contribution < 1.29 is 34.1 Å². The number of unbranched alkanes of at least 4 members (excludes halogenated alkanes) is 2. The number of likely N-dealkylation sites (tertiary alicyclic amines) is 1. The van der Waals surface area contributed by atoms with Crippen molar-refractivity contribution in [3.63, 3.8) is 0 Å². The molecule has 0 radical (unpaired) electrons. The number of fused-ring (bicyclic) bond motifs is 3. The van der Waals surface area contributed by atoms with Gasteiger partial charge >= 0.3 is 5.97 Å². The second kappa shape index (κ2) is 13.9. The number of carboxylic acid groups (broad SMARTS) is 1. The highest BCUT2D eigenvalue weighted by Gasteiger charge is 2.56. The molecule has 9 heteroatoms. The predicted molar refractivity (Wildman–Crippen MR) is 154 cm³/mol. The number of hydrogen-bond donors (Lipinski definition) is 2. The molecule has 4 rings (SSSR count). The number of phenolic OH excluding ortho intramolecular Hbond substituents is 1. The van der Waals surface area contributed by atoms with Crippen LogP contribution in [-0.4, -0.2) is 65.9 Å². The maximum Gasteiger partial charge on any atom is 0.303 e. The zero-order chi connectivity index (χ0) is 28.8. The lowest BCUT2D eigenvalue weighted by molar-refractivity contribution is -0.141. The van der Waals surface area contributed by atoms with Gasteiger partial charge < -0.3 is 19.7 Å². The fraction of sp³-hybridized carbons (Fsp3) is 0.581. The van der Waals surface area contributed by atoms with Crippen LogP contribution in [0.3, 0.4) is 0 Å². The fourth-order valence-electron chi connectivity index (χ4n) is 6.56. The molecule has 3 aliphatic rings. The lowest BCUT2D eigenvalue weighted by Crippen LogP contribution is -2.35. The number of halogens is 1. The first kappa shape index (κ1) is 30.5. The van der Waals surface area contributed by atoms with Crippen molar-refractivity contribution >= 4 is 39.8 Å². The van der Waals surface area contributed by atoms with E-state index in [4.69, 9.17) is 14.6 Å². The van der Waals surface area contributed by atoms with Gasteiger partial charge in [0.1, 0.15) is 5.75 Å². The zero-order valence-corrected chi connectivity index (χ0v) is 25.0. The standard InChI is InChI=1S/C31H40BrNO7/c1-3-7-19(14-20-15-22(32)10-11-25(20)34)9-12-26-28-21(17-39-2)16-23-29(24(28)18-40-26)31(38)33(30(23)37)13-6-4-5-8-27(35)36/h10-11,14-15,23-24,26,29,34H,3-9,12-13,16-18H2,1-2H3,(H,35,36)/b19-14+/t23-,24+,26-,29-/m1/s1. The van der Waals surface area contributed by atoms with E-state index in [0.717, 1.165) is 46.9 Å². The molecule has 2 N–H and O–H groups in total. The molecule has 1 aromatic rings. The molecule has 2 amide bonds. The highest BCUT2D eigenvalue weighted by molar-refractivity contribution is 9.10. The number of hydrogen-bond acceptors (Lipinski definition) is 6. The molecule has 4 atom stereocenters. The third-order valence-corrected chi connectivity index (χ3v) is 8.83. The minimum Gasteiger partial charge on any atom is -0.507 e. The van der Waals surface area contributed by atoms with E-state index in [9.17, 15) is 19.5 Å². The first-order valence-corrected chi connectivity index (χ1v) is 15.1. The quantitative estimate of drug-likeness (QED) is 0.156. The van der Waals surface area contributed by atoms with Crippen molar-refractivity contribution in [2.24, 2.45) is 17.8 Å². The van der Waals surface area contributed by atoms with Crippen molar-refractivity contribution in [3.05, 3.63) is 45.0 Å². The smallest absolute Gasteiger partial charge is 0.303 e. The molecule has 0 aromatic heterocycles. The number of benzene rings is 1. The summed E-state index contributed by atoms with van der Waals surface area (Å²) in [4.78, 5) is 39.0. The second-order valence-electron chi connectivity index (χ2n) is 11.1. The van der Waals surface area contributed by atoms with Crippen molar-refractivity contribution in [1.29, 1.82) is 0 Å². The summed E-state index contributed by atoms with van der Waals surface area (Å²) in [6, 6.07) is 5.41. The third kappa shape index (κ3) is 6.86. The molecule has 8 nitrogen and oxygen atoms in total. The molecule has 1 aromatic carbocycles. The molecule has 0 saturated carbocycles. The number of rotatable bonds is 14. The molecule has 2 saturated heterocycles. The Balaban J connectivity index is 1.48. The number of methoxy groups -OCH3 is 1. The molecule has 2 fully saturated rings. The molecule has 0 unspecified atom stereocenters. The average molecular weight is 619 g/mol. The van der Waals surface area contributed by atoms with E-state index in [1.807, 2.05) is 12.1 Å². The van der Waals surface area contributed by atoms with E-state index < -0.39 is 11.9 Å². The summed E-state index contributed by atoms with van der Waals surface area (Å²) in [5, 5.41) is 19.2. The topological polar surface area (TPSA) is 113 Å². The van der Waals surface area contributed by atoms with E-state index in [2.05, 4.69) is 28.9 Å². The van der Waals surface area contributed by atoms with Gasteiger partial charge in [-0.1, -0.05) is 47.3 Å². The number of aliphatic carboxylic acids is 1. The Labute approximate surface area is 244 Å². The second-order valence-corrected chi connectivity index (χ2v) is 12.0. The van der Waals surface area contributed by atoms with Crippen LogP contribution in [0.4, 0.5) is 0 Å².